The van der Waals surface area contributed by atoms with Crippen molar-refractivity contribution >= 4 is 28.6 Å². The van der Waals surface area contributed by atoms with Gasteiger partial charge >= 0.3 is 6.09 Å². The molecule has 0 aliphatic carbocycles. The zero-order chi connectivity index (χ0) is 27.3. The summed E-state index contributed by atoms with van der Waals surface area (Å²) in [4.78, 5) is 34.9. The number of nitrogens with zero attached hydrogens (tertiary/aromatic N) is 6. The number of amides is 1. The SMILES string of the molecule is C=C/C=C(\C=C)Nc1cc(-c2nc(N3CCN(C(=O)OC(C)(C)C)CC3)c3c(OC)cncc3n2)ccn1. The summed E-state index contributed by atoms with van der Waals surface area (Å²) in [6.45, 7) is 15.3. The molecule has 198 valence electrons. The molecule has 0 unspecified atom stereocenters. The van der Waals surface area contributed by atoms with Gasteiger partial charge in [-0.1, -0.05) is 19.2 Å². The maximum Gasteiger partial charge on any atom is 0.410 e. The van der Waals surface area contributed by atoms with Crippen LogP contribution in [-0.2, 0) is 4.74 Å². The van der Waals surface area contributed by atoms with Gasteiger partial charge in [-0.2, -0.15) is 0 Å². The second kappa shape index (κ2) is 11.3. The number of aromatic nitrogens is 4. The zero-order valence-corrected chi connectivity index (χ0v) is 22.3. The molecule has 1 saturated heterocycles. The third-order valence-electron chi connectivity index (χ3n) is 5.81. The molecule has 0 saturated carbocycles. The van der Waals surface area contributed by atoms with Crippen LogP contribution in [0.5, 0.6) is 5.75 Å². The average molecular weight is 516 g/mol. The molecule has 0 atom stereocenters. The lowest BCUT2D eigenvalue weighted by Gasteiger charge is -2.36. The maximum atomic E-state index is 12.6. The number of anilines is 2. The minimum Gasteiger partial charge on any atom is -0.494 e. The van der Waals surface area contributed by atoms with E-state index in [4.69, 9.17) is 19.4 Å². The molecule has 38 heavy (non-hydrogen) atoms. The van der Waals surface area contributed by atoms with E-state index in [0.717, 1.165) is 22.5 Å². The number of nitrogens with one attached hydrogen (secondary N) is 1. The van der Waals surface area contributed by atoms with Crippen molar-refractivity contribution in [2.75, 3.05) is 43.5 Å². The van der Waals surface area contributed by atoms with Gasteiger partial charge in [-0.05, 0) is 45.1 Å². The molecule has 4 heterocycles. The molecule has 3 aromatic rings. The van der Waals surface area contributed by atoms with E-state index in [2.05, 4.69) is 33.3 Å². The predicted octanol–water partition coefficient (Wildman–Crippen LogP) is 4.82. The molecular weight excluding hydrogens is 482 g/mol. The van der Waals surface area contributed by atoms with E-state index in [9.17, 15) is 4.79 Å². The zero-order valence-electron chi connectivity index (χ0n) is 22.3. The quantitative estimate of drug-likeness (QED) is 0.443. The summed E-state index contributed by atoms with van der Waals surface area (Å²) in [5.41, 5.74) is 1.66. The Morgan fingerprint density at radius 1 is 1.13 bits per heavy atom. The molecule has 1 amide bonds. The van der Waals surface area contributed by atoms with Crippen LogP contribution in [0.25, 0.3) is 22.3 Å². The summed E-state index contributed by atoms with van der Waals surface area (Å²) < 4.78 is 11.2. The van der Waals surface area contributed by atoms with Crippen LogP contribution < -0.4 is 15.0 Å². The highest BCUT2D eigenvalue weighted by atomic mass is 16.6. The van der Waals surface area contributed by atoms with Crippen LogP contribution in [-0.4, -0.2) is 69.8 Å². The molecule has 1 aliphatic rings. The lowest BCUT2D eigenvalue weighted by molar-refractivity contribution is 0.0240. The van der Waals surface area contributed by atoms with Gasteiger partial charge in [0.2, 0.25) is 0 Å². The van der Waals surface area contributed by atoms with Gasteiger partial charge < -0.3 is 24.6 Å². The molecular formula is C28H33N7O3. The summed E-state index contributed by atoms with van der Waals surface area (Å²) >= 11 is 0. The van der Waals surface area contributed by atoms with Gasteiger partial charge in [-0.3, -0.25) is 4.98 Å². The van der Waals surface area contributed by atoms with Crippen molar-refractivity contribution in [1.82, 2.24) is 24.8 Å². The Labute approximate surface area is 222 Å². The van der Waals surface area contributed by atoms with Crippen LogP contribution in [0.2, 0.25) is 0 Å². The number of pyridine rings is 2. The number of fused-ring (bicyclic) bond motifs is 1. The standard InChI is InChI=1S/C28H33N7O3/c1-7-9-20(8-2)31-23-16-19(10-11-30-23)25-32-21-17-29-18-22(37-6)24(21)26(33-25)34-12-14-35(15-13-34)27(36)38-28(3,4)5/h7-11,16-18H,1-2,12-15H2,3-6H3,(H,30,31)/b20-9+. The number of hydrogen-bond donors (Lipinski definition) is 1. The van der Waals surface area contributed by atoms with Gasteiger partial charge in [-0.25, -0.2) is 19.7 Å². The first kappa shape index (κ1) is 26.6. The number of rotatable bonds is 7. The van der Waals surface area contributed by atoms with E-state index < -0.39 is 5.60 Å². The molecule has 0 radical (unpaired) electrons. The summed E-state index contributed by atoms with van der Waals surface area (Å²) in [5, 5.41) is 3.99. The van der Waals surface area contributed by atoms with Crippen molar-refractivity contribution in [3.8, 4) is 17.1 Å². The van der Waals surface area contributed by atoms with Gasteiger partial charge in [0.05, 0.1) is 30.4 Å². The Bertz CT molecular complexity index is 1370. The van der Waals surface area contributed by atoms with Crippen LogP contribution in [0.1, 0.15) is 20.8 Å². The summed E-state index contributed by atoms with van der Waals surface area (Å²) in [6.07, 6.45) is 9.91. The number of carbonyl (C=O) groups is 1. The summed E-state index contributed by atoms with van der Waals surface area (Å²) in [6, 6.07) is 3.73. The van der Waals surface area contributed by atoms with Gasteiger partial charge in [0.15, 0.2) is 5.82 Å². The van der Waals surface area contributed by atoms with Crippen molar-refractivity contribution in [3.05, 3.63) is 67.8 Å². The van der Waals surface area contributed by atoms with E-state index in [-0.39, 0.29) is 6.09 Å². The van der Waals surface area contributed by atoms with E-state index >= 15 is 0 Å². The van der Waals surface area contributed by atoms with Gasteiger partial charge in [0, 0.05) is 43.6 Å². The number of ether oxygens (including phenoxy) is 2. The van der Waals surface area contributed by atoms with Crippen LogP contribution in [0.4, 0.5) is 16.4 Å². The molecule has 10 heteroatoms. The highest BCUT2D eigenvalue weighted by Gasteiger charge is 2.28. The fourth-order valence-electron chi connectivity index (χ4n) is 4.05. The average Bonchev–Trinajstić information content (AvgIpc) is 2.91. The van der Waals surface area contributed by atoms with Crippen LogP contribution >= 0.6 is 0 Å². The number of piperazine rings is 1. The second-order valence-electron chi connectivity index (χ2n) is 9.68. The fourth-order valence-corrected chi connectivity index (χ4v) is 4.05. The van der Waals surface area contributed by atoms with Crippen molar-refractivity contribution in [3.63, 3.8) is 0 Å². The van der Waals surface area contributed by atoms with E-state index in [1.807, 2.05) is 32.9 Å². The van der Waals surface area contributed by atoms with Crippen LogP contribution in [0.3, 0.4) is 0 Å². The van der Waals surface area contributed by atoms with E-state index in [1.54, 1.807) is 48.8 Å². The predicted molar refractivity (Wildman–Crippen MR) is 149 cm³/mol. The van der Waals surface area contributed by atoms with Gasteiger partial charge in [0.25, 0.3) is 0 Å². The summed E-state index contributed by atoms with van der Waals surface area (Å²) in [5.74, 6) is 2.45. The normalized spacial score (nSPS) is 14.3. The maximum absolute atomic E-state index is 12.6. The minimum atomic E-state index is -0.543. The highest BCUT2D eigenvalue weighted by molar-refractivity contribution is 5.95. The first-order valence-electron chi connectivity index (χ1n) is 12.3. The van der Waals surface area contributed by atoms with Crippen molar-refractivity contribution in [1.29, 1.82) is 0 Å². The summed E-state index contributed by atoms with van der Waals surface area (Å²) in [7, 11) is 1.60. The van der Waals surface area contributed by atoms with Crippen LogP contribution in [0, 0.1) is 0 Å². The Hall–Kier alpha value is -4.47. The molecule has 0 aromatic carbocycles. The number of hydrogen-bond acceptors (Lipinski definition) is 9. The smallest absolute Gasteiger partial charge is 0.410 e. The van der Waals surface area contributed by atoms with E-state index in [0.29, 0.717) is 49.1 Å². The molecule has 1 N–H and O–H groups in total. The molecule has 4 rings (SSSR count). The molecule has 0 bridgehead atoms. The largest absolute Gasteiger partial charge is 0.494 e. The molecule has 10 nitrogen and oxygen atoms in total. The number of allylic oxidation sites excluding steroid dienone is 3. The van der Waals surface area contributed by atoms with Crippen molar-refractivity contribution < 1.29 is 14.3 Å². The minimum absolute atomic E-state index is 0.312. The number of methoxy groups -OCH3 is 1. The van der Waals surface area contributed by atoms with Gasteiger partial charge in [-0.15, -0.1) is 0 Å². The number of carbonyl (C=O) groups excluding carboxylic acids is 1. The first-order valence-corrected chi connectivity index (χ1v) is 12.3. The topological polar surface area (TPSA) is 106 Å². The fraction of sp³-hybridized carbons (Fsp3) is 0.321. The van der Waals surface area contributed by atoms with Crippen molar-refractivity contribution in [2.45, 2.75) is 26.4 Å². The lowest BCUT2D eigenvalue weighted by atomic mass is 10.2. The Balaban J connectivity index is 1.69. The first-order chi connectivity index (χ1) is 18.2. The highest BCUT2D eigenvalue weighted by Crippen LogP contribution is 2.34. The molecule has 1 fully saturated rings. The third kappa shape index (κ3) is 6.08. The third-order valence-corrected chi connectivity index (χ3v) is 5.81. The lowest BCUT2D eigenvalue weighted by Crippen LogP contribution is -2.50. The second-order valence-corrected chi connectivity index (χ2v) is 9.68. The van der Waals surface area contributed by atoms with Crippen LogP contribution in [0.15, 0.2) is 67.8 Å². The van der Waals surface area contributed by atoms with Gasteiger partial charge in [0.1, 0.15) is 23.0 Å². The Kier molecular flexibility index (Phi) is 7.90. The molecule has 1 aliphatic heterocycles. The monoisotopic (exact) mass is 515 g/mol. The Morgan fingerprint density at radius 3 is 2.55 bits per heavy atom. The Morgan fingerprint density at radius 2 is 1.89 bits per heavy atom. The van der Waals surface area contributed by atoms with E-state index in [1.165, 1.54) is 0 Å². The molecule has 0 spiro atoms. The molecule has 3 aromatic heterocycles. The van der Waals surface area contributed by atoms with Crippen molar-refractivity contribution in [2.24, 2.45) is 0 Å².